The number of hydrogen-bond acceptors (Lipinski definition) is 2. The number of rotatable bonds is 5. The van der Waals surface area contributed by atoms with Gasteiger partial charge in [0, 0.05) is 10.0 Å². The van der Waals surface area contributed by atoms with Crippen LogP contribution in [0.5, 0.6) is 5.75 Å². The second kappa shape index (κ2) is 8.31. The molecule has 5 heteroatoms. The maximum Gasteiger partial charge on any atom is 0.260 e. The van der Waals surface area contributed by atoms with Crippen LogP contribution in [0.4, 0.5) is 0 Å². The van der Waals surface area contributed by atoms with Crippen molar-refractivity contribution in [2.24, 2.45) is 0 Å². The molecule has 1 amide bonds. The van der Waals surface area contributed by atoms with E-state index in [-0.39, 0.29) is 12.5 Å². The number of nitrogens with one attached hydrogen (secondary N) is 1. The van der Waals surface area contributed by atoms with Crippen LogP contribution in [0.2, 0.25) is 0 Å². The molecule has 0 saturated carbocycles. The number of amides is 1. The minimum Gasteiger partial charge on any atom is -0.484 e. The number of piperazine rings is 1. The van der Waals surface area contributed by atoms with E-state index in [1.54, 1.807) is 0 Å². The number of carbonyl (C=O) groups is 1. The molecule has 1 N–H and O–H groups in total. The molecular weight excluding hydrogens is 368 g/mol. The molecule has 0 aliphatic carbocycles. The molecule has 1 saturated heterocycles. The molecule has 1 fully saturated rings. The molecule has 0 aromatic heterocycles. The molecule has 0 spiro atoms. The second-order valence-electron chi connectivity index (χ2n) is 6.04. The lowest BCUT2D eigenvalue weighted by molar-refractivity contribution is -0.917. The average molecular weight is 390 g/mol. The van der Waals surface area contributed by atoms with Crippen molar-refractivity contribution < 1.29 is 14.4 Å². The predicted octanol–water partition coefficient (Wildman–Crippen LogP) is 1.76. The highest BCUT2D eigenvalue weighted by molar-refractivity contribution is 9.10. The normalized spacial score (nSPS) is 15.3. The van der Waals surface area contributed by atoms with Crippen molar-refractivity contribution in [1.82, 2.24) is 4.90 Å². The van der Waals surface area contributed by atoms with E-state index >= 15 is 0 Å². The van der Waals surface area contributed by atoms with Crippen molar-refractivity contribution in [3.63, 3.8) is 0 Å². The van der Waals surface area contributed by atoms with Crippen LogP contribution in [0.3, 0.4) is 0 Å². The van der Waals surface area contributed by atoms with Gasteiger partial charge in [0.05, 0.1) is 26.2 Å². The van der Waals surface area contributed by atoms with E-state index in [9.17, 15) is 4.79 Å². The summed E-state index contributed by atoms with van der Waals surface area (Å²) in [5.41, 5.74) is 1.33. The van der Waals surface area contributed by atoms with Gasteiger partial charge in [0.25, 0.3) is 5.91 Å². The standard InChI is InChI=1S/C19H21BrN2O2/c20-17-8-6-16(7-9-17)14-21-10-12-22(13-11-21)19(23)15-24-18-4-2-1-3-5-18/h1-9H,10-15H2/p+1. The van der Waals surface area contributed by atoms with E-state index in [1.807, 2.05) is 35.2 Å². The Morgan fingerprint density at radius 1 is 1.04 bits per heavy atom. The minimum absolute atomic E-state index is 0.0709. The summed E-state index contributed by atoms with van der Waals surface area (Å²) in [4.78, 5) is 15.7. The molecule has 3 rings (SSSR count). The highest BCUT2D eigenvalue weighted by atomic mass is 79.9. The van der Waals surface area contributed by atoms with Gasteiger partial charge in [0.15, 0.2) is 6.61 Å². The Labute approximate surface area is 151 Å². The number of hydrogen-bond donors (Lipinski definition) is 1. The fourth-order valence-electron chi connectivity index (χ4n) is 2.89. The van der Waals surface area contributed by atoms with Gasteiger partial charge in [-0.15, -0.1) is 0 Å². The zero-order valence-corrected chi connectivity index (χ0v) is 15.2. The first-order chi connectivity index (χ1) is 11.7. The zero-order valence-electron chi connectivity index (χ0n) is 13.6. The number of benzene rings is 2. The third kappa shape index (κ3) is 4.82. The summed E-state index contributed by atoms with van der Waals surface area (Å²) in [6.45, 7) is 4.67. The van der Waals surface area contributed by atoms with Crippen molar-refractivity contribution in [2.75, 3.05) is 32.8 Å². The predicted molar refractivity (Wildman–Crippen MR) is 97.1 cm³/mol. The van der Waals surface area contributed by atoms with E-state index in [1.165, 1.54) is 10.5 Å². The minimum atomic E-state index is 0.0709. The van der Waals surface area contributed by atoms with Gasteiger partial charge in [0.1, 0.15) is 12.3 Å². The largest absolute Gasteiger partial charge is 0.484 e. The molecule has 126 valence electrons. The Hall–Kier alpha value is -1.85. The lowest BCUT2D eigenvalue weighted by Gasteiger charge is -2.32. The van der Waals surface area contributed by atoms with E-state index < -0.39 is 0 Å². The van der Waals surface area contributed by atoms with Crippen LogP contribution in [0.25, 0.3) is 0 Å². The molecule has 1 heterocycles. The first-order valence-electron chi connectivity index (χ1n) is 8.24. The molecule has 2 aromatic rings. The maximum atomic E-state index is 12.3. The van der Waals surface area contributed by atoms with Gasteiger partial charge in [-0.2, -0.15) is 0 Å². The summed E-state index contributed by atoms with van der Waals surface area (Å²) in [6, 6.07) is 18.0. The Balaban J connectivity index is 1.42. The van der Waals surface area contributed by atoms with Gasteiger partial charge in [-0.05, 0) is 24.3 Å². The number of para-hydroxylation sites is 1. The van der Waals surface area contributed by atoms with Crippen molar-refractivity contribution in [2.45, 2.75) is 6.54 Å². The monoisotopic (exact) mass is 389 g/mol. The molecule has 2 aromatic carbocycles. The SMILES string of the molecule is O=C(COc1ccccc1)N1CC[NH+](Cc2ccc(Br)cc2)CC1. The molecule has 0 radical (unpaired) electrons. The fraction of sp³-hybridized carbons (Fsp3) is 0.316. The Morgan fingerprint density at radius 3 is 2.38 bits per heavy atom. The van der Waals surface area contributed by atoms with Gasteiger partial charge < -0.3 is 14.5 Å². The lowest BCUT2D eigenvalue weighted by Crippen LogP contribution is -3.13. The second-order valence-corrected chi connectivity index (χ2v) is 6.95. The van der Waals surface area contributed by atoms with Crippen molar-refractivity contribution in [3.8, 4) is 5.75 Å². The van der Waals surface area contributed by atoms with Gasteiger partial charge in [0.2, 0.25) is 0 Å². The van der Waals surface area contributed by atoms with Crippen molar-refractivity contribution in [1.29, 1.82) is 0 Å². The molecule has 1 aliphatic heterocycles. The van der Waals surface area contributed by atoms with Crippen LogP contribution < -0.4 is 9.64 Å². The molecule has 1 aliphatic rings. The van der Waals surface area contributed by atoms with Crippen molar-refractivity contribution in [3.05, 3.63) is 64.6 Å². The molecule has 4 nitrogen and oxygen atoms in total. The van der Waals surface area contributed by atoms with Gasteiger partial charge in [-0.3, -0.25) is 4.79 Å². The number of ether oxygens (including phenoxy) is 1. The highest BCUT2D eigenvalue weighted by Crippen LogP contribution is 2.10. The summed E-state index contributed by atoms with van der Waals surface area (Å²) < 4.78 is 6.66. The summed E-state index contributed by atoms with van der Waals surface area (Å²) in [7, 11) is 0. The molecular formula is C19H22BrN2O2+. The number of nitrogens with zero attached hydrogens (tertiary/aromatic N) is 1. The number of carbonyl (C=O) groups excluding carboxylic acids is 1. The van der Waals surface area contributed by atoms with E-state index in [0.717, 1.165) is 42.9 Å². The van der Waals surface area contributed by atoms with Crippen LogP contribution in [0, 0.1) is 0 Å². The van der Waals surface area contributed by atoms with Gasteiger partial charge in [-0.25, -0.2) is 0 Å². The molecule has 24 heavy (non-hydrogen) atoms. The van der Waals surface area contributed by atoms with Gasteiger partial charge in [-0.1, -0.05) is 46.3 Å². The van der Waals surface area contributed by atoms with Crippen LogP contribution in [-0.2, 0) is 11.3 Å². The third-order valence-corrected chi connectivity index (χ3v) is 4.82. The van der Waals surface area contributed by atoms with Crippen LogP contribution in [0.15, 0.2) is 59.1 Å². The smallest absolute Gasteiger partial charge is 0.260 e. The Morgan fingerprint density at radius 2 is 1.71 bits per heavy atom. The highest BCUT2D eigenvalue weighted by Gasteiger charge is 2.23. The van der Waals surface area contributed by atoms with E-state index in [4.69, 9.17) is 4.74 Å². The molecule has 0 unspecified atom stereocenters. The van der Waals surface area contributed by atoms with Crippen LogP contribution in [-0.4, -0.2) is 43.6 Å². The summed E-state index contributed by atoms with van der Waals surface area (Å²) in [5, 5.41) is 0. The fourth-order valence-corrected chi connectivity index (χ4v) is 3.16. The summed E-state index contributed by atoms with van der Waals surface area (Å²) in [6.07, 6.45) is 0. The maximum absolute atomic E-state index is 12.3. The topological polar surface area (TPSA) is 34.0 Å². The number of halogens is 1. The van der Waals surface area contributed by atoms with Crippen LogP contribution >= 0.6 is 15.9 Å². The molecule has 0 bridgehead atoms. The molecule has 0 atom stereocenters. The quantitative estimate of drug-likeness (QED) is 0.845. The van der Waals surface area contributed by atoms with Crippen molar-refractivity contribution >= 4 is 21.8 Å². The summed E-state index contributed by atoms with van der Waals surface area (Å²) >= 11 is 3.46. The Bertz CT molecular complexity index is 653. The first-order valence-corrected chi connectivity index (χ1v) is 9.03. The first kappa shape index (κ1) is 17.0. The third-order valence-electron chi connectivity index (χ3n) is 4.30. The van der Waals surface area contributed by atoms with E-state index in [0.29, 0.717) is 0 Å². The van der Waals surface area contributed by atoms with Crippen LogP contribution in [0.1, 0.15) is 5.56 Å². The zero-order chi connectivity index (χ0) is 16.8. The van der Waals surface area contributed by atoms with Gasteiger partial charge >= 0.3 is 0 Å². The summed E-state index contributed by atoms with van der Waals surface area (Å²) in [5.74, 6) is 0.812. The Kier molecular flexibility index (Phi) is 5.88. The number of quaternary nitrogens is 1. The lowest BCUT2D eigenvalue weighted by atomic mass is 10.2. The average Bonchev–Trinajstić information content (AvgIpc) is 2.63. The van der Waals surface area contributed by atoms with E-state index in [2.05, 4.69) is 40.2 Å².